The van der Waals surface area contributed by atoms with Crippen LogP contribution in [0, 0.1) is 0 Å². The van der Waals surface area contributed by atoms with Crippen molar-refractivity contribution in [1.82, 2.24) is 14.5 Å². The molecule has 1 N–H and O–H groups in total. The number of hydrogen-bond donors (Lipinski definition) is 1. The number of nitrogens with one attached hydrogen (secondary N) is 1. The Balaban J connectivity index is 1.42. The lowest BCUT2D eigenvalue weighted by Gasteiger charge is -2.48. The first kappa shape index (κ1) is 22.1. The molecule has 2 heterocycles. The van der Waals surface area contributed by atoms with Crippen molar-refractivity contribution in [3.8, 4) is 0 Å². The first-order chi connectivity index (χ1) is 16.2. The molecule has 1 aliphatic heterocycles. The highest BCUT2D eigenvalue weighted by Crippen LogP contribution is 2.44. The molecule has 5 heteroatoms. The molecule has 2 fully saturated rings. The third-order valence-electron chi connectivity index (χ3n) is 7.84. The maximum absolute atomic E-state index is 12.2. The Morgan fingerprint density at radius 2 is 1.64 bits per heavy atom. The number of benzene rings is 2. The molecule has 33 heavy (non-hydrogen) atoms. The van der Waals surface area contributed by atoms with Gasteiger partial charge in [0.05, 0.1) is 11.0 Å². The van der Waals surface area contributed by atoms with Crippen molar-refractivity contribution in [2.24, 2.45) is 0 Å². The average Bonchev–Trinajstić information content (AvgIpc) is 3.04. The van der Waals surface area contributed by atoms with Gasteiger partial charge in [-0.1, -0.05) is 75.1 Å². The van der Waals surface area contributed by atoms with Gasteiger partial charge in [-0.2, -0.15) is 0 Å². The fraction of sp³-hybridized carbons (Fsp3) is 0.500. The standard InChI is InChI=1S/C28H36N4O/c1-2-26(33)30-27-29-24-14-8-9-15-25(24)32(27)23-16-20-31(21-17-23)28(18-10-3-4-11-19-28)22-12-6-5-7-13-22/h5-9,12-15,23H,2-4,10-11,16-21H2,1H3,(H,29,30,33). The molecule has 1 saturated carbocycles. The van der Waals surface area contributed by atoms with E-state index in [9.17, 15) is 4.79 Å². The first-order valence-corrected chi connectivity index (χ1v) is 12.8. The molecule has 0 radical (unpaired) electrons. The number of aromatic nitrogens is 2. The normalized spacial score (nSPS) is 19.9. The molecule has 1 aliphatic carbocycles. The van der Waals surface area contributed by atoms with Gasteiger partial charge in [-0.05, 0) is 43.4 Å². The summed E-state index contributed by atoms with van der Waals surface area (Å²) in [6, 6.07) is 19.8. The maximum Gasteiger partial charge on any atom is 0.226 e. The number of para-hydroxylation sites is 2. The van der Waals surface area contributed by atoms with Crippen LogP contribution in [-0.2, 0) is 10.3 Å². The Morgan fingerprint density at radius 3 is 2.33 bits per heavy atom. The summed E-state index contributed by atoms with van der Waals surface area (Å²) in [6.45, 7) is 4.04. The van der Waals surface area contributed by atoms with Crippen molar-refractivity contribution in [2.45, 2.75) is 76.3 Å². The lowest BCUT2D eigenvalue weighted by Crippen LogP contribution is -2.50. The molecule has 5 nitrogen and oxygen atoms in total. The molecule has 0 unspecified atom stereocenters. The van der Waals surface area contributed by atoms with Gasteiger partial charge in [0.25, 0.3) is 0 Å². The van der Waals surface area contributed by atoms with Crippen LogP contribution >= 0.6 is 0 Å². The Bertz CT molecular complexity index is 1070. The smallest absolute Gasteiger partial charge is 0.226 e. The van der Waals surface area contributed by atoms with E-state index in [-0.39, 0.29) is 11.4 Å². The summed E-state index contributed by atoms with van der Waals surface area (Å²) in [7, 11) is 0. The van der Waals surface area contributed by atoms with E-state index in [1.54, 1.807) is 0 Å². The van der Waals surface area contributed by atoms with Crippen LogP contribution in [0.3, 0.4) is 0 Å². The van der Waals surface area contributed by atoms with Crippen LogP contribution < -0.4 is 5.32 Å². The van der Waals surface area contributed by atoms with Gasteiger partial charge < -0.3 is 4.57 Å². The summed E-state index contributed by atoms with van der Waals surface area (Å²) >= 11 is 0. The van der Waals surface area contributed by atoms with Gasteiger partial charge in [0, 0.05) is 31.1 Å². The molecule has 3 aromatic rings. The number of rotatable bonds is 5. The monoisotopic (exact) mass is 444 g/mol. The van der Waals surface area contributed by atoms with Crippen molar-refractivity contribution in [3.63, 3.8) is 0 Å². The highest BCUT2D eigenvalue weighted by molar-refractivity contribution is 5.91. The maximum atomic E-state index is 12.2. The van der Waals surface area contributed by atoms with Crippen LogP contribution in [0.25, 0.3) is 11.0 Å². The molecule has 2 aromatic carbocycles. The largest absolute Gasteiger partial charge is 0.307 e. The third kappa shape index (κ3) is 4.31. The van der Waals surface area contributed by atoms with E-state index in [1.807, 2.05) is 19.1 Å². The zero-order valence-electron chi connectivity index (χ0n) is 19.8. The number of piperidine rings is 1. The van der Waals surface area contributed by atoms with E-state index < -0.39 is 0 Å². The van der Waals surface area contributed by atoms with Gasteiger partial charge in [-0.3, -0.25) is 15.0 Å². The Hall–Kier alpha value is -2.66. The molecular weight excluding hydrogens is 408 g/mol. The van der Waals surface area contributed by atoms with Crippen LogP contribution in [0.5, 0.6) is 0 Å². The van der Waals surface area contributed by atoms with Crippen LogP contribution in [0.1, 0.15) is 76.3 Å². The predicted octanol–water partition coefficient (Wildman–Crippen LogP) is 6.27. The summed E-state index contributed by atoms with van der Waals surface area (Å²) in [5, 5.41) is 3.06. The van der Waals surface area contributed by atoms with E-state index in [0.717, 1.165) is 37.0 Å². The lowest BCUT2D eigenvalue weighted by atomic mass is 9.79. The average molecular weight is 445 g/mol. The number of imidazole rings is 1. The number of hydrogen-bond acceptors (Lipinski definition) is 3. The second-order valence-electron chi connectivity index (χ2n) is 9.73. The van der Waals surface area contributed by atoms with Gasteiger partial charge in [-0.25, -0.2) is 4.98 Å². The summed E-state index contributed by atoms with van der Waals surface area (Å²) in [4.78, 5) is 19.8. The number of nitrogens with zero attached hydrogens (tertiary/aromatic N) is 3. The minimum Gasteiger partial charge on any atom is -0.307 e. The second kappa shape index (κ2) is 9.68. The summed E-state index contributed by atoms with van der Waals surface area (Å²) < 4.78 is 2.29. The van der Waals surface area contributed by atoms with E-state index in [0.29, 0.717) is 18.4 Å². The fourth-order valence-corrected chi connectivity index (χ4v) is 6.12. The number of carbonyl (C=O) groups is 1. The Morgan fingerprint density at radius 1 is 0.970 bits per heavy atom. The van der Waals surface area contributed by atoms with E-state index in [4.69, 9.17) is 4.98 Å². The highest BCUT2D eigenvalue weighted by Gasteiger charge is 2.40. The molecule has 2 aliphatic rings. The van der Waals surface area contributed by atoms with E-state index in [2.05, 4.69) is 57.2 Å². The van der Waals surface area contributed by atoms with Crippen LogP contribution in [0.15, 0.2) is 54.6 Å². The number of carbonyl (C=O) groups excluding carboxylic acids is 1. The first-order valence-electron chi connectivity index (χ1n) is 12.8. The zero-order valence-corrected chi connectivity index (χ0v) is 19.8. The van der Waals surface area contributed by atoms with E-state index in [1.165, 1.54) is 44.1 Å². The fourth-order valence-electron chi connectivity index (χ4n) is 6.12. The number of anilines is 1. The molecule has 0 bridgehead atoms. The molecule has 0 atom stereocenters. The molecular formula is C28H36N4O. The molecule has 0 spiro atoms. The van der Waals surface area contributed by atoms with Crippen LogP contribution in [0.2, 0.25) is 0 Å². The van der Waals surface area contributed by atoms with Gasteiger partial charge in [0.1, 0.15) is 0 Å². The lowest BCUT2D eigenvalue weighted by molar-refractivity contribution is -0.115. The van der Waals surface area contributed by atoms with Crippen molar-refractivity contribution in [2.75, 3.05) is 18.4 Å². The predicted molar refractivity (Wildman–Crippen MR) is 134 cm³/mol. The van der Waals surface area contributed by atoms with Crippen molar-refractivity contribution >= 4 is 22.9 Å². The van der Waals surface area contributed by atoms with Gasteiger partial charge in [0.15, 0.2) is 0 Å². The topological polar surface area (TPSA) is 50.2 Å². The molecule has 174 valence electrons. The molecule has 1 saturated heterocycles. The highest BCUT2D eigenvalue weighted by atomic mass is 16.1. The van der Waals surface area contributed by atoms with E-state index >= 15 is 0 Å². The molecule has 5 rings (SSSR count). The van der Waals surface area contributed by atoms with Crippen molar-refractivity contribution in [1.29, 1.82) is 0 Å². The minimum absolute atomic E-state index is 0.0190. The van der Waals surface area contributed by atoms with Crippen LogP contribution in [-0.4, -0.2) is 33.4 Å². The SMILES string of the molecule is CCC(=O)Nc1nc2ccccc2n1C1CCN(C2(c3ccccc3)CCCCCC2)CC1. The van der Waals surface area contributed by atoms with Gasteiger partial charge in [-0.15, -0.1) is 0 Å². The van der Waals surface area contributed by atoms with Crippen molar-refractivity contribution in [3.05, 3.63) is 60.2 Å². The summed E-state index contributed by atoms with van der Waals surface area (Å²) in [5.74, 6) is 0.721. The minimum atomic E-state index is 0.0190. The van der Waals surface area contributed by atoms with Crippen LogP contribution in [0.4, 0.5) is 5.95 Å². The zero-order chi connectivity index (χ0) is 22.7. The Kier molecular flexibility index (Phi) is 6.50. The second-order valence-corrected chi connectivity index (χ2v) is 9.73. The summed E-state index contributed by atoms with van der Waals surface area (Å²) in [6.07, 6.45) is 10.5. The summed E-state index contributed by atoms with van der Waals surface area (Å²) in [5.41, 5.74) is 3.73. The molecule has 1 amide bonds. The third-order valence-corrected chi connectivity index (χ3v) is 7.84. The Labute approximate surface area is 197 Å². The quantitative estimate of drug-likeness (QED) is 0.472. The van der Waals surface area contributed by atoms with Gasteiger partial charge >= 0.3 is 0 Å². The number of fused-ring (bicyclic) bond motifs is 1. The number of amides is 1. The number of likely N-dealkylation sites (tertiary alicyclic amines) is 1. The molecule has 1 aromatic heterocycles. The van der Waals surface area contributed by atoms with Gasteiger partial charge in [0.2, 0.25) is 11.9 Å². The van der Waals surface area contributed by atoms with Crippen molar-refractivity contribution < 1.29 is 4.79 Å².